The molecule has 1 saturated carbocycles. The molecule has 2 heterocycles. The third kappa shape index (κ3) is 2.64. The van der Waals surface area contributed by atoms with Crippen molar-refractivity contribution in [2.45, 2.75) is 31.7 Å². The molecule has 0 aromatic carbocycles. The molecule has 5 nitrogen and oxygen atoms in total. The Morgan fingerprint density at radius 3 is 3.26 bits per heavy atom. The van der Waals surface area contributed by atoms with Crippen LogP contribution in [0, 0.1) is 5.92 Å². The summed E-state index contributed by atoms with van der Waals surface area (Å²) in [4.78, 5) is 17.3. The van der Waals surface area contributed by atoms with Crippen molar-refractivity contribution in [3.8, 4) is 0 Å². The van der Waals surface area contributed by atoms with Crippen LogP contribution in [0.3, 0.4) is 0 Å². The fraction of sp³-hybridized carbons (Fsp3) is 0.538. The van der Waals surface area contributed by atoms with Gasteiger partial charge in [-0.1, -0.05) is 6.42 Å². The maximum absolute atomic E-state index is 12.0. The van der Waals surface area contributed by atoms with Crippen molar-refractivity contribution in [3.63, 3.8) is 0 Å². The molecule has 2 unspecified atom stereocenters. The van der Waals surface area contributed by atoms with Gasteiger partial charge in [0.25, 0.3) is 0 Å². The van der Waals surface area contributed by atoms with Crippen LogP contribution in [0.2, 0.25) is 0 Å². The van der Waals surface area contributed by atoms with Crippen LogP contribution in [0.1, 0.15) is 25.0 Å². The molecule has 2 aromatic rings. The molecule has 19 heavy (non-hydrogen) atoms. The van der Waals surface area contributed by atoms with Crippen LogP contribution >= 0.6 is 11.3 Å². The molecule has 1 fully saturated rings. The molecule has 0 spiro atoms. The Balaban J connectivity index is 1.60. The SMILES string of the molecule is O=C(Cc1cn2ccsc2n1)NC1CCCC1CO. The van der Waals surface area contributed by atoms with Gasteiger partial charge >= 0.3 is 0 Å². The first-order chi connectivity index (χ1) is 9.26. The molecule has 0 saturated heterocycles. The summed E-state index contributed by atoms with van der Waals surface area (Å²) in [5.41, 5.74) is 0.794. The van der Waals surface area contributed by atoms with E-state index in [2.05, 4.69) is 10.3 Å². The van der Waals surface area contributed by atoms with E-state index in [1.165, 1.54) is 0 Å². The lowest BCUT2D eigenvalue weighted by Gasteiger charge is -2.18. The van der Waals surface area contributed by atoms with Crippen LogP contribution in [0.25, 0.3) is 4.96 Å². The van der Waals surface area contributed by atoms with Gasteiger partial charge in [0, 0.05) is 36.3 Å². The Kier molecular flexibility index (Phi) is 3.52. The Labute approximate surface area is 115 Å². The van der Waals surface area contributed by atoms with E-state index < -0.39 is 0 Å². The zero-order valence-corrected chi connectivity index (χ0v) is 11.4. The van der Waals surface area contributed by atoms with Gasteiger partial charge in [0.1, 0.15) is 0 Å². The van der Waals surface area contributed by atoms with Crippen molar-refractivity contribution in [2.75, 3.05) is 6.61 Å². The molecule has 0 radical (unpaired) electrons. The normalized spacial score (nSPS) is 23.0. The van der Waals surface area contributed by atoms with Gasteiger partial charge < -0.3 is 10.4 Å². The summed E-state index contributed by atoms with van der Waals surface area (Å²) in [6, 6.07) is 0.126. The van der Waals surface area contributed by atoms with E-state index in [9.17, 15) is 9.90 Å². The van der Waals surface area contributed by atoms with Crippen LogP contribution in [-0.4, -0.2) is 33.0 Å². The number of hydrogen-bond donors (Lipinski definition) is 2. The van der Waals surface area contributed by atoms with Crippen molar-refractivity contribution in [1.29, 1.82) is 0 Å². The topological polar surface area (TPSA) is 66.6 Å². The summed E-state index contributed by atoms with van der Waals surface area (Å²) in [5, 5.41) is 14.2. The van der Waals surface area contributed by atoms with Gasteiger partial charge in [0.05, 0.1) is 12.1 Å². The number of fused-ring (bicyclic) bond motifs is 1. The molecule has 1 aliphatic rings. The van der Waals surface area contributed by atoms with Crippen molar-refractivity contribution in [2.24, 2.45) is 5.92 Å². The highest BCUT2D eigenvalue weighted by molar-refractivity contribution is 7.15. The number of rotatable bonds is 4. The molecular formula is C13H17N3O2S. The minimum Gasteiger partial charge on any atom is -0.396 e. The molecule has 6 heteroatoms. The minimum atomic E-state index is -0.00361. The van der Waals surface area contributed by atoms with E-state index in [0.29, 0.717) is 6.42 Å². The minimum absolute atomic E-state index is 0.00361. The summed E-state index contributed by atoms with van der Waals surface area (Å²) < 4.78 is 1.93. The number of aromatic nitrogens is 2. The molecular weight excluding hydrogens is 262 g/mol. The average molecular weight is 279 g/mol. The fourth-order valence-electron chi connectivity index (χ4n) is 2.73. The molecule has 3 rings (SSSR count). The molecule has 2 atom stereocenters. The lowest BCUT2D eigenvalue weighted by Crippen LogP contribution is -2.39. The largest absolute Gasteiger partial charge is 0.396 e. The number of carbonyl (C=O) groups is 1. The number of imidazole rings is 1. The Morgan fingerprint density at radius 2 is 2.47 bits per heavy atom. The number of nitrogens with zero attached hydrogens (tertiary/aromatic N) is 2. The fourth-order valence-corrected chi connectivity index (χ4v) is 3.45. The number of thiazole rings is 1. The molecule has 2 aromatic heterocycles. The summed E-state index contributed by atoms with van der Waals surface area (Å²) in [6.07, 6.45) is 7.19. The second-order valence-electron chi connectivity index (χ2n) is 5.05. The van der Waals surface area contributed by atoms with Crippen molar-refractivity contribution >= 4 is 22.2 Å². The lowest BCUT2D eigenvalue weighted by atomic mass is 10.0. The Hall–Kier alpha value is -1.40. The van der Waals surface area contributed by atoms with Crippen molar-refractivity contribution < 1.29 is 9.90 Å². The molecule has 102 valence electrons. The predicted molar refractivity (Wildman–Crippen MR) is 73.1 cm³/mol. The monoisotopic (exact) mass is 279 g/mol. The highest BCUT2D eigenvalue weighted by Crippen LogP contribution is 2.25. The molecule has 0 aliphatic heterocycles. The van der Waals surface area contributed by atoms with Crippen LogP contribution in [-0.2, 0) is 11.2 Å². The predicted octanol–water partition coefficient (Wildman–Crippen LogP) is 1.22. The summed E-state index contributed by atoms with van der Waals surface area (Å²) in [7, 11) is 0. The highest BCUT2D eigenvalue weighted by atomic mass is 32.1. The maximum Gasteiger partial charge on any atom is 0.226 e. The maximum atomic E-state index is 12.0. The zero-order valence-electron chi connectivity index (χ0n) is 10.6. The van der Waals surface area contributed by atoms with Gasteiger partial charge in [0.15, 0.2) is 4.96 Å². The third-order valence-corrected chi connectivity index (χ3v) is 4.50. The van der Waals surface area contributed by atoms with E-state index in [1.807, 2.05) is 22.2 Å². The quantitative estimate of drug-likeness (QED) is 0.884. The van der Waals surface area contributed by atoms with Crippen LogP contribution in [0.15, 0.2) is 17.8 Å². The number of carbonyl (C=O) groups excluding carboxylic acids is 1. The van der Waals surface area contributed by atoms with E-state index >= 15 is 0 Å². The average Bonchev–Trinajstić information content (AvgIpc) is 3.03. The standard InChI is InChI=1S/C13H17N3O2S/c17-8-9-2-1-3-11(9)15-12(18)6-10-7-16-4-5-19-13(16)14-10/h4-5,7,9,11,17H,1-3,6,8H2,(H,15,18). The van der Waals surface area contributed by atoms with Gasteiger partial charge in [-0.15, -0.1) is 11.3 Å². The number of hydrogen-bond acceptors (Lipinski definition) is 4. The zero-order chi connectivity index (χ0) is 13.2. The molecule has 0 bridgehead atoms. The number of aliphatic hydroxyl groups excluding tert-OH is 1. The van der Waals surface area contributed by atoms with Gasteiger partial charge in [-0.3, -0.25) is 9.20 Å². The number of amides is 1. The van der Waals surface area contributed by atoms with Crippen LogP contribution < -0.4 is 5.32 Å². The summed E-state index contributed by atoms with van der Waals surface area (Å²) in [5.74, 6) is 0.213. The highest BCUT2D eigenvalue weighted by Gasteiger charge is 2.27. The van der Waals surface area contributed by atoms with Crippen LogP contribution in [0.5, 0.6) is 0 Å². The second-order valence-corrected chi connectivity index (χ2v) is 5.92. The first-order valence-electron chi connectivity index (χ1n) is 6.57. The van der Waals surface area contributed by atoms with Crippen molar-refractivity contribution in [1.82, 2.24) is 14.7 Å². The van der Waals surface area contributed by atoms with Crippen LogP contribution in [0.4, 0.5) is 0 Å². The summed E-state index contributed by atoms with van der Waals surface area (Å²) in [6.45, 7) is 0.158. The second kappa shape index (κ2) is 5.30. The number of aliphatic hydroxyl groups is 1. The lowest BCUT2D eigenvalue weighted by molar-refractivity contribution is -0.121. The van der Waals surface area contributed by atoms with E-state index in [-0.39, 0.29) is 24.5 Å². The third-order valence-electron chi connectivity index (χ3n) is 3.72. The van der Waals surface area contributed by atoms with Gasteiger partial charge in [-0.25, -0.2) is 4.98 Å². The van der Waals surface area contributed by atoms with E-state index in [4.69, 9.17) is 0 Å². The van der Waals surface area contributed by atoms with Gasteiger partial charge in [-0.05, 0) is 12.8 Å². The molecule has 1 amide bonds. The smallest absolute Gasteiger partial charge is 0.226 e. The summed E-state index contributed by atoms with van der Waals surface area (Å²) >= 11 is 1.56. The molecule has 2 N–H and O–H groups in total. The Morgan fingerprint density at radius 1 is 1.58 bits per heavy atom. The van der Waals surface area contributed by atoms with Gasteiger partial charge in [0.2, 0.25) is 5.91 Å². The van der Waals surface area contributed by atoms with E-state index in [1.54, 1.807) is 11.3 Å². The first-order valence-corrected chi connectivity index (χ1v) is 7.45. The number of nitrogens with one attached hydrogen (secondary N) is 1. The van der Waals surface area contributed by atoms with E-state index in [0.717, 1.165) is 29.9 Å². The molecule has 1 aliphatic carbocycles. The first kappa shape index (κ1) is 12.6. The van der Waals surface area contributed by atoms with Gasteiger partial charge in [-0.2, -0.15) is 0 Å². The Bertz CT molecular complexity index is 549. The van der Waals surface area contributed by atoms with Crippen molar-refractivity contribution in [3.05, 3.63) is 23.5 Å².